The highest BCUT2D eigenvalue weighted by atomic mass is 79.9. The molecule has 0 atom stereocenters. The Hall–Kier alpha value is -0.870. The van der Waals surface area contributed by atoms with Gasteiger partial charge >= 0.3 is 5.97 Å². The number of hydrogen-bond acceptors (Lipinski definition) is 2. The maximum atomic E-state index is 10.2. The lowest BCUT2D eigenvalue weighted by Gasteiger charge is -1.88. The molecule has 0 saturated heterocycles. The van der Waals surface area contributed by atoms with Crippen LogP contribution in [-0.2, 0) is 0 Å². The van der Waals surface area contributed by atoms with E-state index >= 15 is 0 Å². The smallest absolute Gasteiger partial charge is 0.335 e. The van der Waals surface area contributed by atoms with Gasteiger partial charge in [0.1, 0.15) is 0 Å². The molecule has 0 bridgehead atoms. The molecule has 0 saturated carbocycles. The second-order valence-electron chi connectivity index (χ2n) is 2.44. The number of halogens is 1. The fourth-order valence-electron chi connectivity index (χ4n) is 0.640. The molecule has 3 nitrogen and oxygen atoms in total. The van der Waals surface area contributed by atoms with Gasteiger partial charge < -0.3 is 10.2 Å². The molecule has 1 aromatic rings. The normalized spacial score (nSPS) is 8.71. The highest BCUT2D eigenvalue weighted by molar-refractivity contribution is 9.09. The average Bonchev–Trinajstić information content (AvgIpc) is 2.21. The van der Waals surface area contributed by atoms with E-state index in [0.717, 1.165) is 11.8 Å². The van der Waals surface area contributed by atoms with E-state index in [1.165, 1.54) is 0 Å². The van der Waals surface area contributed by atoms with E-state index in [4.69, 9.17) is 10.2 Å². The van der Waals surface area contributed by atoms with Crippen LogP contribution in [0, 0.1) is 0 Å². The van der Waals surface area contributed by atoms with Gasteiger partial charge in [0.15, 0.2) is 0 Å². The third kappa shape index (κ3) is 6.62. The molecule has 0 aromatic heterocycles. The van der Waals surface area contributed by atoms with Crippen LogP contribution in [0.15, 0.2) is 30.3 Å². The van der Waals surface area contributed by atoms with Gasteiger partial charge in [0, 0.05) is 11.9 Å². The summed E-state index contributed by atoms with van der Waals surface area (Å²) in [6.45, 7) is 0.297. The molecule has 0 heterocycles. The molecule has 4 heteroatoms. The lowest BCUT2D eigenvalue weighted by molar-refractivity contribution is 0.0697. The number of alkyl halides is 1. The molecule has 0 unspecified atom stereocenters. The largest absolute Gasteiger partial charge is 0.478 e. The Balaban J connectivity index is 0.000000292. The van der Waals surface area contributed by atoms with Crippen molar-refractivity contribution in [1.82, 2.24) is 0 Å². The highest BCUT2D eigenvalue weighted by Crippen LogP contribution is 1.96. The Morgan fingerprint density at radius 2 is 1.86 bits per heavy atom. The molecule has 78 valence electrons. The quantitative estimate of drug-likeness (QED) is 0.819. The Labute approximate surface area is 91.5 Å². The number of carbonyl (C=O) groups is 1. The van der Waals surface area contributed by atoms with Crippen molar-refractivity contribution in [1.29, 1.82) is 0 Å². The minimum Gasteiger partial charge on any atom is -0.478 e. The number of benzene rings is 1. The monoisotopic (exact) mass is 260 g/mol. The first-order chi connectivity index (χ1) is 6.72. The fraction of sp³-hybridized carbons (Fsp3) is 0.300. The first-order valence-electron chi connectivity index (χ1n) is 4.17. The Bertz CT molecular complexity index is 247. The van der Waals surface area contributed by atoms with E-state index in [2.05, 4.69) is 15.9 Å². The molecule has 0 aliphatic carbocycles. The molecule has 1 rings (SSSR count). The van der Waals surface area contributed by atoms with Crippen molar-refractivity contribution >= 4 is 21.9 Å². The summed E-state index contributed by atoms with van der Waals surface area (Å²) in [7, 11) is 0. The van der Waals surface area contributed by atoms with Gasteiger partial charge in [0.25, 0.3) is 0 Å². The zero-order valence-electron chi connectivity index (χ0n) is 7.69. The summed E-state index contributed by atoms with van der Waals surface area (Å²) in [6.07, 6.45) is 0.861. The SMILES string of the molecule is O=C(O)c1ccccc1.OCCCBr. The summed E-state index contributed by atoms with van der Waals surface area (Å²) < 4.78 is 0. The number of aliphatic hydroxyl groups excluding tert-OH is 1. The van der Waals surface area contributed by atoms with Crippen molar-refractivity contribution < 1.29 is 15.0 Å². The number of aliphatic hydroxyl groups is 1. The molecular formula is C10H13BrO3. The van der Waals surface area contributed by atoms with E-state index < -0.39 is 5.97 Å². The summed E-state index contributed by atoms with van der Waals surface area (Å²) in [6, 6.07) is 8.30. The van der Waals surface area contributed by atoms with Gasteiger partial charge in [-0.15, -0.1) is 0 Å². The molecule has 0 aliphatic rings. The van der Waals surface area contributed by atoms with E-state index in [9.17, 15) is 4.79 Å². The van der Waals surface area contributed by atoms with Gasteiger partial charge in [-0.05, 0) is 18.6 Å². The summed E-state index contributed by atoms with van der Waals surface area (Å²) in [5.74, 6) is -0.879. The lowest BCUT2D eigenvalue weighted by Crippen LogP contribution is -1.93. The maximum Gasteiger partial charge on any atom is 0.335 e. The Morgan fingerprint density at radius 3 is 2.07 bits per heavy atom. The van der Waals surface area contributed by atoms with Crippen LogP contribution in [0.4, 0.5) is 0 Å². The molecule has 1 aromatic carbocycles. The molecule has 2 N–H and O–H groups in total. The first-order valence-corrected chi connectivity index (χ1v) is 5.29. The summed E-state index contributed by atoms with van der Waals surface area (Å²) in [5.41, 5.74) is 0.331. The molecule has 0 amide bonds. The van der Waals surface area contributed by atoms with Crippen LogP contribution >= 0.6 is 15.9 Å². The van der Waals surface area contributed by atoms with E-state index in [0.29, 0.717) is 12.2 Å². The van der Waals surface area contributed by atoms with Crippen molar-refractivity contribution in [3.8, 4) is 0 Å². The third-order valence-corrected chi connectivity index (χ3v) is 1.87. The molecule has 0 aliphatic heterocycles. The summed E-state index contributed by atoms with van der Waals surface area (Å²) >= 11 is 3.15. The first kappa shape index (κ1) is 13.1. The van der Waals surface area contributed by atoms with Crippen LogP contribution in [0.25, 0.3) is 0 Å². The van der Waals surface area contributed by atoms with Crippen LogP contribution in [0.5, 0.6) is 0 Å². The third-order valence-electron chi connectivity index (χ3n) is 1.31. The van der Waals surface area contributed by atoms with Crippen LogP contribution in [0.3, 0.4) is 0 Å². The van der Waals surface area contributed by atoms with Gasteiger partial charge in [0.2, 0.25) is 0 Å². The van der Waals surface area contributed by atoms with Crippen molar-refractivity contribution in [2.75, 3.05) is 11.9 Å². The van der Waals surface area contributed by atoms with E-state index in [-0.39, 0.29) is 0 Å². The summed E-state index contributed by atoms with van der Waals surface area (Å²) in [5, 5.41) is 17.3. The van der Waals surface area contributed by atoms with Gasteiger partial charge in [-0.2, -0.15) is 0 Å². The Morgan fingerprint density at radius 1 is 1.29 bits per heavy atom. The fourth-order valence-corrected chi connectivity index (χ4v) is 0.891. The van der Waals surface area contributed by atoms with E-state index in [1.807, 2.05) is 0 Å². The van der Waals surface area contributed by atoms with Crippen molar-refractivity contribution in [2.24, 2.45) is 0 Å². The number of aromatic carboxylic acids is 1. The van der Waals surface area contributed by atoms with Crippen molar-refractivity contribution in [2.45, 2.75) is 6.42 Å². The highest BCUT2D eigenvalue weighted by Gasteiger charge is 1.96. The standard InChI is InChI=1S/C7H6O2.C3H7BrO/c8-7(9)6-4-2-1-3-5-6;4-2-1-3-5/h1-5H,(H,8,9);5H,1-3H2. The number of hydrogen-bond donors (Lipinski definition) is 2. The topological polar surface area (TPSA) is 57.5 Å². The van der Waals surface area contributed by atoms with Gasteiger partial charge in [-0.3, -0.25) is 0 Å². The van der Waals surface area contributed by atoms with Gasteiger partial charge in [0.05, 0.1) is 5.56 Å². The Kier molecular flexibility index (Phi) is 8.17. The second kappa shape index (κ2) is 8.72. The van der Waals surface area contributed by atoms with Crippen LogP contribution < -0.4 is 0 Å². The molecule has 0 fully saturated rings. The zero-order chi connectivity index (χ0) is 10.8. The van der Waals surface area contributed by atoms with Crippen molar-refractivity contribution in [3.63, 3.8) is 0 Å². The number of carboxylic acid groups (broad SMARTS) is 1. The van der Waals surface area contributed by atoms with Gasteiger partial charge in [-0.1, -0.05) is 34.1 Å². The predicted octanol–water partition coefficient (Wildman–Crippen LogP) is 2.15. The summed E-state index contributed by atoms with van der Waals surface area (Å²) in [4.78, 5) is 10.2. The minimum absolute atomic E-state index is 0.297. The molecule has 0 spiro atoms. The molecule has 14 heavy (non-hydrogen) atoms. The van der Waals surface area contributed by atoms with Crippen LogP contribution in [0.2, 0.25) is 0 Å². The van der Waals surface area contributed by atoms with E-state index in [1.54, 1.807) is 30.3 Å². The molecular weight excluding hydrogens is 248 g/mol. The maximum absolute atomic E-state index is 10.2. The second-order valence-corrected chi connectivity index (χ2v) is 3.23. The van der Waals surface area contributed by atoms with Crippen LogP contribution in [-0.4, -0.2) is 28.1 Å². The zero-order valence-corrected chi connectivity index (χ0v) is 9.27. The number of carboxylic acids is 1. The average molecular weight is 261 g/mol. The van der Waals surface area contributed by atoms with Crippen molar-refractivity contribution in [3.05, 3.63) is 35.9 Å². The predicted molar refractivity (Wildman–Crippen MR) is 58.9 cm³/mol. The lowest BCUT2D eigenvalue weighted by atomic mass is 10.2. The molecule has 0 radical (unpaired) electrons. The van der Waals surface area contributed by atoms with Crippen LogP contribution in [0.1, 0.15) is 16.8 Å². The van der Waals surface area contributed by atoms with Gasteiger partial charge in [-0.25, -0.2) is 4.79 Å². The minimum atomic E-state index is -0.879. The number of rotatable bonds is 3.